The van der Waals surface area contributed by atoms with Crippen LogP contribution in [0, 0.1) is 6.92 Å². The lowest BCUT2D eigenvalue weighted by Crippen LogP contribution is -3.16. The van der Waals surface area contributed by atoms with Crippen LogP contribution in [0.5, 0.6) is 5.75 Å². The number of hydrogen-bond donors (Lipinski definition) is 3. The highest BCUT2D eigenvalue weighted by molar-refractivity contribution is 6.31. The molecule has 0 spiro atoms. The molecule has 1 aliphatic heterocycles. The molecule has 31 heavy (non-hydrogen) atoms. The molecular formula is C25H27ClN3O2+. The first-order valence-corrected chi connectivity index (χ1v) is 10.9. The number of rotatable bonds is 5. The SMILES string of the molecule is Cc1ccc(NC(=O)[C@@H](c2ccccc2)[NH+]2CCN(c3ccccc3O)CC2)cc1Cl. The van der Waals surface area contributed by atoms with Crippen LogP contribution in [-0.2, 0) is 4.79 Å². The minimum absolute atomic E-state index is 0.0443. The van der Waals surface area contributed by atoms with Crippen LogP contribution in [0.1, 0.15) is 17.2 Å². The summed E-state index contributed by atoms with van der Waals surface area (Å²) in [6.07, 6.45) is 0. The Balaban J connectivity index is 1.53. The third-order valence-corrected chi connectivity index (χ3v) is 6.28. The average Bonchev–Trinajstić information content (AvgIpc) is 2.78. The van der Waals surface area contributed by atoms with Crippen molar-refractivity contribution in [2.75, 3.05) is 36.4 Å². The zero-order valence-electron chi connectivity index (χ0n) is 17.5. The standard InChI is InChI=1S/C25H26ClN3O2/c1-18-11-12-20(17-21(18)26)27-25(31)24(19-7-3-2-4-8-19)29-15-13-28(14-16-29)22-9-5-6-10-23(22)30/h2-12,17,24,30H,13-16H2,1H3,(H,27,31)/p+1/t24-/m1/s1. The largest absolute Gasteiger partial charge is 0.506 e. The summed E-state index contributed by atoms with van der Waals surface area (Å²) in [5, 5.41) is 13.9. The number of quaternary nitrogens is 1. The molecule has 0 aromatic heterocycles. The fraction of sp³-hybridized carbons (Fsp3) is 0.240. The smallest absolute Gasteiger partial charge is 0.287 e. The zero-order chi connectivity index (χ0) is 21.8. The summed E-state index contributed by atoms with van der Waals surface area (Å²) in [7, 11) is 0. The summed E-state index contributed by atoms with van der Waals surface area (Å²) in [5.74, 6) is 0.247. The number of nitrogens with one attached hydrogen (secondary N) is 2. The van der Waals surface area contributed by atoms with Gasteiger partial charge in [0.05, 0.1) is 31.9 Å². The Bertz CT molecular complexity index is 1050. The van der Waals surface area contributed by atoms with E-state index in [2.05, 4.69) is 10.2 Å². The molecule has 4 rings (SSSR count). The van der Waals surface area contributed by atoms with Crippen molar-refractivity contribution in [3.8, 4) is 5.75 Å². The van der Waals surface area contributed by atoms with Gasteiger partial charge in [-0.2, -0.15) is 0 Å². The van der Waals surface area contributed by atoms with Gasteiger partial charge in [-0.15, -0.1) is 0 Å². The maximum atomic E-state index is 13.4. The van der Waals surface area contributed by atoms with Crippen molar-refractivity contribution in [3.63, 3.8) is 0 Å². The van der Waals surface area contributed by atoms with Gasteiger partial charge in [-0.3, -0.25) is 4.79 Å². The van der Waals surface area contributed by atoms with E-state index >= 15 is 0 Å². The number of para-hydroxylation sites is 2. The number of aromatic hydroxyl groups is 1. The van der Waals surface area contributed by atoms with E-state index in [1.807, 2.05) is 67.6 Å². The van der Waals surface area contributed by atoms with E-state index < -0.39 is 0 Å². The van der Waals surface area contributed by atoms with Crippen LogP contribution in [-0.4, -0.2) is 37.2 Å². The number of carbonyl (C=O) groups is 1. The number of carbonyl (C=O) groups excluding carboxylic acids is 1. The first kappa shape index (κ1) is 21.2. The molecule has 0 radical (unpaired) electrons. The van der Waals surface area contributed by atoms with Gasteiger partial charge in [0.2, 0.25) is 0 Å². The second kappa shape index (κ2) is 9.41. The summed E-state index contributed by atoms with van der Waals surface area (Å²) in [6.45, 7) is 5.04. The Morgan fingerprint density at radius 3 is 2.39 bits per heavy atom. The molecule has 6 heteroatoms. The van der Waals surface area contributed by atoms with E-state index in [4.69, 9.17) is 11.6 Å². The average molecular weight is 437 g/mol. The Morgan fingerprint density at radius 1 is 1.03 bits per heavy atom. The Kier molecular flexibility index (Phi) is 6.44. The fourth-order valence-corrected chi connectivity index (χ4v) is 4.34. The molecule has 1 amide bonds. The molecule has 3 N–H and O–H groups in total. The number of phenols is 1. The first-order valence-electron chi connectivity index (χ1n) is 10.5. The molecule has 1 atom stereocenters. The number of amides is 1. The van der Waals surface area contributed by atoms with Crippen LogP contribution >= 0.6 is 11.6 Å². The van der Waals surface area contributed by atoms with Crippen molar-refractivity contribution in [2.24, 2.45) is 0 Å². The molecule has 0 bridgehead atoms. The molecule has 5 nitrogen and oxygen atoms in total. The fourth-order valence-electron chi connectivity index (χ4n) is 4.16. The Labute approximate surface area is 187 Å². The van der Waals surface area contributed by atoms with Crippen LogP contribution in [0.15, 0.2) is 72.8 Å². The van der Waals surface area contributed by atoms with Gasteiger partial charge in [-0.25, -0.2) is 0 Å². The molecule has 1 heterocycles. The quantitative estimate of drug-likeness (QED) is 0.574. The molecule has 3 aromatic carbocycles. The van der Waals surface area contributed by atoms with E-state index in [9.17, 15) is 9.90 Å². The molecule has 0 saturated carbocycles. The molecule has 1 fully saturated rings. The summed E-state index contributed by atoms with van der Waals surface area (Å²) in [6, 6.07) is 22.6. The molecule has 1 saturated heterocycles. The summed E-state index contributed by atoms with van der Waals surface area (Å²) >= 11 is 6.25. The number of piperazine rings is 1. The van der Waals surface area contributed by atoms with Crippen molar-refractivity contribution in [2.45, 2.75) is 13.0 Å². The number of phenolic OH excluding ortho intramolecular Hbond substituents is 1. The van der Waals surface area contributed by atoms with Gasteiger partial charge in [-0.1, -0.05) is 60.1 Å². The third kappa shape index (κ3) is 4.84. The number of nitrogens with zero attached hydrogens (tertiary/aromatic N) is 1. The molecule has 160 valence electrons. The minimum atomic E-state index is -0.326. The predicted molar refractivity (Wildman–Crippen MR) is 125 cm³/mol. The summed E-state index contributed by atoms with van der Waals surface area (Å²) < 4.78 is 0. The summed E-state index contributed by atoms with van der Waals surface area (Å²) in [4.78, 5) is 16.8. The lowest BCUT2D eigenvalue weighted by atomic mass is 10.0. The molecule has 0 unspecified atom stereocenters. The van der Waals surface area contributed by atoms with E-state index in [0.717, 1.165) is 43.0 Å². The topological polar surface area (TPSA) is 57.0 Å². The Morgan fingerprint density at radius 2 is 1.71 bits per heavy atom. The van der Waals surface area contributed by atoms with Crippen LogP contribution < -0.4 is 15.1 Å². The number of benzene rings is 3. The second-order valence-electron chi connectivity index (χ2n) is 7.93. The van der Waals surface area contributed by atoms with Crippen LogP contribution in [0.3, 0.4) is 0 Å². The van der Waals surface area contributed by atoms with Gasteiger partial charge in [0, 0.05) is 16.3 Å². The number of anilines is 2. The molecular weight excluding hydrogens is 410 g/mol. The second-order valence-corrected chi connectivity index (χ2v) is 8.34. The van der Waals surface area contributed by atoms with E-state index in [0.29, 0.717) is 16.5 Å². The molecule has 3 aromatic rings. The van der Waals surface area contributed by atoms with Crippen molar-refractivity contribution in [1.29, 1.82) is 0 Å². The van der Waals surface area contributed by atoms with Crippen molar-refractivity contribution < 1.29 is 14.8 Å². The lowest BCUT2D eigenvalue weighted by molar-refractivity contribution is -0.922. The number of aryl methyl sites for hydroxylation is 1. The third-order valence-electron chi connectivity index (χ3n) is 5.87. The van der Waals surface area contributed by atoms with Gasteiger partial charge in [0.25, 0.3) is 5.91 Å². The predicted octanol–water partition coefficient (Wildman–Crippen LogP) is 3.44. The van der Waals surface area contributed by atoms with Gasteiger partial charge >= 0.3 is 0 Å². The van der Waals surface area contributed by atoms with Gasteiger partial charge < -0.3 is 20.2 Å². The normalized spacial score (nSPS) is 15.5. The van der Waals surface area contributed by atoms with Gasteiger partial charge in [-0.05, 0) is 36.8 Å². The highest BCUT2D eigenvalue weighted by Crippen LogP contribution is 2.26. The monoisotopic (exact) mass is 436 g/mol. The van der Waals surface area contributed by atoms with Crippen molar-refractivity contribution in [3.05, 3.63) is 88.9 Å². The van der Waals surface area contributed by atoms with Crippen molar-refractivity contribution in [1.82, 2.24) is 0 Å². The zero-order valence-corrected chi connectivity index (χ0v) is 18.3. The highest BCUT2D eigenvalue weighted by Gasteiger charge is 2.34. The highest BCUT2D eigenvalue weighted by atomic mass is 35.5. The Hall–Kier alpha value is -3.02. The van der Waals surface area contributed by atoms with Gasteiger partial charge in [0.1, 0.15) is 5.75 Å². The lowest BCUT2D eigenvalue weighted by Gasteiger charge is -2.37. The molecule has 1 aliphatic rings. The molecule has 0 aliphatic carbocycles. The maximum absolute atomic E-state index is 13.4. The van der Waals surface area contributed by atoms with E-state index in [-0.39, 0.29) is 11.9 Å². The van der Waals surface area contributed by atoms with Crippen LogP contribution in [0.2, 0.25) is 5.02 Å². The number of hydrogen-bond acceptors (Lipinski definition) is 3. The van der Waals surface area contributed by atoms with Crippen LogP contribution in [0.4, 0.5) is 11.4 Å². The number of halogens is 1. The van der Waals surface area contributed by atoms with Gasteiger partial charge in [0.15, 0.2) is 6.04 Å². The summed E-state index contributed by atoms with van der Waals surface area (Å²) in [5.41, 5.74) is 3.51. The maximum Gasteiger partial charge on any atom is 0.287 e. The van der Waals surface area contributed by atoms with Crippen LogP contribution in [0.25, 0.3) is 0 Å². The van der Waals surface area contributed by atoms with E-state index in [1.54, 1.807) is 12.1 Å². The van der Waals surface area contributed by atoms with Crippen molar-refractivity contribution >= 4 is 28.9 Å². The van der Waals surface area contributed by atoms with E-state index in [1.165, 1.54) is 4.90 Å². The minimum Gasteiger partial charge on any atom is -0.506 e. The first-order chi connectivity index (χ1) is 15.0.